The molecule has 0 spiro atoms. The standard InChI is InChI=1S/C21H20ClN3O3S2/c1-25(16-8-5-7-15(22)13-16)30(27,28)17-9-4-6-14(12-17)20(26)24-21-23-18-10-2-3-11-19(18)29-21/h4-9,12-13H,2-3,10-11H2,1H3,(H,23,24,26). The fraction of sp³-hybridized carbons (Fsp3) is 0.238. The van der Waals surface area contributed by atoms with E-state index >= 15 is 0 Å². The van der Waals surface area contributed by atoms with Gasteiger partial charge in [0.25, 0.3) is 15.9 Å². The Morgan fingerprint density at radius 2 is 1.90 bits per heavy atom. The fourth-order valence-electron chi connectivity index (χ4n) is 3.34. The van der Waals surface area contributed by atoms with Crippen LogP contribution in [0, 0.1) is 0 Å². The smallest absolute Gasteiger partial charge is 0.264 e. The van der Waals surface area contributed by atoms with Gasteiger partial charge in [-0.05, 0) is 62.1 Å². The first-order valence-electron chi connectivity index (χ1n) is 9.49. The third-order valence-electron chi connectivity index (χ3n) is 4.99. The van der Waals surface area contributed by atoms with Gasteiger partial charge in [0.15, 0.2) is 5.13 Å². The Morgan fingerprint density at radius 1 is 1.13 bits per heavy atom. The summed E-state index contributed by atoms with van der Waals surface area (Å²) in [4.78, 5) is 18.5. The van der Waals surface area contributed by atoms with Gasteiger partial charge >= 0.3 is 0 Å². The number of rotatable bonds is 5. The summed E-state index contributed by atoms with van der Waals surface area (Å²) >= 11 is 7.48. The Labute approximate surface area is 184 Å². The van der Waals surface area contributed by atoms with Gasteiger partial charge in [-0.2, -0.15) is 0 Å². The number of anilines is 2. The first-order valence-corrected chi connectivity index (χ1v) is 12.1. The Morgan fingerprint density at radius 3 is 2.67 bits per heavy atom. The number of halogens is 1. The van der Waals surface area contributed by atoms with Crippen LogP contribution in [0.2, 0.25) is 5.02 Å². The summed E-state index contributed by atoms with van der Waals surface area (Å²) in [5.41, 5.74) is 1.75. The summed E-state index contributed by atoms with van der Waals surface area (Å²) in [5, 5.41) is 3.80. The van der Waals surface area contributed by atoms with E-state index in [1.54, 1.807) is 36.4 Å². The molecule has 4 rings (SSSR count). The van der Waals surface area contributed by atoms with Crippen molar-refractivity contribution in [2.75, 3.05) is 16.7 Å². The number of hydrogen-bond donors (Lipinski definition) is 1. The first kappa shape index (κ1) is 20.8. The molecule has 1 aromatic heterocycles. The maximum Gasteiger partial charge on any atom is 0.264 e. The number of nitrogens with one attached hydrogen (secondary N) is 1. The van der Waals surface area contributed by atoms with Crippen molar-refractivity contribution in [3.63, 3.8) is 0 Å². The van der Waals surface area contributed by atoms with Gasteiger partial charge in [-0.3, -0.25) is 14.4 Å². The molecule has 0 radical (unpaired) electrons. The van der Waals surface area contributed by atoms with Crippen LogP contribution in [0.25, 0.3) is 0 Å². The third-order valence-corrected chi connectivity index (χ3v) is 8.08. The number of carbonyl (C=O) groups excluding carboxylic acids is 1. The molecule has 1 N–H and O–H groups in total. The SMILES string of the molecule is CN(c1cccc(Cl)c1)S(=O)(=O)c1cccc(C(=O)Nc2nc3c(s2)CCCC3)c1. The Balaban J connectivity index is 1.57. The summed E-state index contributed by atoms with van der Waals surface area (Å²) in [7, 11) is -2.41. The van der Waals surface area contributed by atoms with Crippen molar-refractivity contribution in [2.45, 2.75) is 30.6 Å². The second-order valence-electron chi connectivity index (χ2n) is 7.03. The molecular weight excluding hydrogens is 442 g/mol. The molecular formula is C21H20ClN3O3S2. The zero-order chi connectivity index (χ0) is 21.3. The lowest BCUT2D eigenvalue weighted by Gasteiger charge is -2.20. The third kappa shape index (κ3) is 4.21. The molecule has 30 heavy (non-hydrogen) atoms. The van der Waals surface area contributed by atoms with Crippen LogP contribution in [0.4, 0.5) is 10.8 Å². The van der Waals surface area contributed by atoms with E-state index < -0.39 is 10.0 Å². The van der Waals surface area contributed by atoms with Crippen molar-refractivity contribution in [3.8, 4) is 0 Å². The molecule has 0 saturated carbocycles. The minimum Gasteiger partial charge on any atom is -0.298 e. The number of fused-ring (bicyclic) bond motifs is 1. The lowest BCUT2D eigenvalue weighted by Crippen LogP contribution is -2.26. The van der Waals surface area contributed by atoms with Crippen molar-refractivity contribution in [2.24, 2.45) is 0 Å². The molecule has 2 aromatic carbocycles. The average Bonchev–Trinajstić information content (AvgIpc) is 3.15. The molecule has 0 bridgehead atoms. The van der Waals surface area contributed by atoms with Gasteiger partial charge in [0, 0.05) is 22.5 Å². The normalized spacial score (nSPS) is 13.5. The summed E-state index contributed by atoms with van der Waals surface area (Å²) < 4.78 is 27.2. The summed E-state index contributed by atoms with van der Waals surface area (Å²) in [6.45, 7) is 0. The molecule has 1 aliphatic rings. The average molecular weight is 462 g/mol. The van der Waals surface area contributed by atoms with Gasteiger partial charge in [0.2, 0.25) is 0 Å². The highest BCUT2D eigenvalue weighted by molar-refractivity contribution is 7.92. The maximum absolute atomic E-state index is 13.1. The fourth-order valence-corrected chi connectivity index (χ4v) is 5.80. The summed E-state index contributed by atoms with van der Waals surface area (Å²) in [6, 6.07) is 12.6. The first-order chi connectivity index (χ1) is 14.3. The lowest BCUT2D eigenvalue weighted by molar-refractivity contribution is 0.102. The summed E-state index contributed by atoms with van der Waals surface area (Å²) in [6.07, 6.45) is 4.19. The van der Waals surface area contributed by atoms with Gasteiger partial charge in [-0.25, -0.2) is 13.4 Å². The van der Waals surface area contributed by atoms with Crippen LogP contribution in [-0.4, -0.2) is 26.4 Å². The molecule has 1 heterocycles. The molecule has 1 amide bonds. The van der Waals surface area contributed by atoms with Crippen molar-refractivity contribution in [1.82, 2.24) is 4.98 Å². The minimum absolute atomic E-state index is 0.0241. The molecule has 156 valence electrons. The quantitative estimate of drug-likeness (QED) is 0.594. The molecule has 1 aliphatic carbocycles. The maximum atomic E-state index is 13.1. The molecule has 0 aliphatic heterocycles. The van der Waals surface area contributed by atoms with Gasteiger partial charge in [0.1, 0.15) is 0 Å². The van der Waals surface area contributed by atoms with E-state index in [0.29, 0.717) is 15.8 Å². The van der Waals surface area contributed by atoms with Crippen LogP contribution in [-0.2, 0) is 22.9 Å². The number of hydrogen-bond acceptors (Lipinski definition) is 5. The molecule has 0 unspecified atom stereocenters. The van der Waals surface area contributed by atoms with E-state index in [1.165, 1.54) is 35.4 Å². The number of thiazole rings is 1. The van der Waals surface area contributed by atoms with Crippen LogP contribution in [0.3, 0.4) is 0 Å². The molecule has 0 saturated heterocycles. The highest BCUT2D eigenvalue weighted by atomic mass is 35.5. The van der Waals surface area contributed by atoms with E-state index in [4.69, 9.17) is 11.6 Å². The monoisotopic (exact) mass is 461 g/mol. The van der Waals surface area contributed by atoms with Crippen molar-refractivity contribution >= 4 is 49.7 Å². The number of aryl methyl sites for hydroxylation is 2. The minimum atomic E-state index is -3.86. The zero-order valence-electron chi connectivity index (χ0n) is 16.3. The molecule has 0 fully saturated rings. The highest BCUT2D eigenvalue weighted by Crippen LogP contribution is 2.30. The van der Waals surface area contributed by atoms with Gasteiger partial charge in [-0.1, -0.05) is 23.7 Å². The molecule has 0 atom stereocenters. The van der Waals surface area contributed by atoms with Crippen LogP contribution in [0.15, 0.2) is 53.4 Å². The lowest BCUT2D eigenvalue weighted by atomic mass is 10.0. The van der Waals surface area contributed by atoms with E-state index in [9.17, 15) is 13.2 Å². The van der Waals surface area contributed by atoms with Crippen molar-refractivity contribution in [1.29, 1.82) is 0 Å². The Hall–Kier alpha value is -2.42. The second-order valence-corrected chi connectivity index (χ2v) is 10.5. The molecule has 3 aromatic rings. The topological polar surface area (TPSA) is 79.4 Å². The number of carbonyl (C=O) groups is 1. The highest BCUT2D eigenvalue weighted by Gasteiger charge is 2.23. The van der Waals surface area contributed by atoms with Crippen LogP contribution in [0.1, 0.15) is 33.8 Å². The van der Waals surface area contributed by atoms with Gasteiger partial charge in [0.05, 0.1) is 16.3 Å². The number of benzene rings is 2. The number of sulfonamides is 1. The van der Waals surface area contributed by atoms with Crippen molar-refractivity contribution in [3.05, 3.63) is 69.7 Å². The predicted molar refractivity (Wildman–Crippen MR) is 120 cm³/mol. The molecule has 9 heteroatoms. The Bertz CT molecular complexity index is 1180. The van der Waals surface area contributed by atoms with E-state index in [-0.39, 0.29) is 16.4 Å². The van der Waals surface area contributed by atoms with Crippen LogP contribution < -0.4 is 9.62 Å². The second kappa shape index (κ2) is 8.37. The van der Waals surface area contributed by atoms with Crippen LogP contribution >= 0.6 is 22.9 Å². The number of amides is 1. The van der Waals surface area contributed by atoms with E-state index in [1.807, 2.05) is 0 Å². The van der Waals surface area contributed by atoms with E-state index in [0.717, 1.165) is 35.7 Å². The summed E-state index contributed by atoms with van der Waals surface area (Å²) in [5.74, 6) is -0.386. The van der Waals surface area contributed by atoms with Crippen LogP contribution in [0.5, 0.6) is 0 Å². The van der Waals surface area contributed by atoms with Gasteiger partial charge < -0.3 is 0 Å². The molecule has 6 nitrogen and oxygen atoms in total. The van der Waals surface area contributed by atoms with E-state index in [2.05, 4.69) is 10.3 Å². The Kier molecular flexibility index (Phi) is 5.81. The van der Waals surface area contributed by atoms with Gasteiger partial charge in [-0.15, -0.1) is 11.3 Å². The number of aromatic nitrogens is 1. The largest absolute Gasteiger partial charge is 0.298 e. The predicted octanol–water partition coefficient (Wildman–Crippen LogP) is 4.75. The van der Waals surface area contributed by atoms with Crippen molar-refractivity contribution < 1.29 is 13.2 Å². The number of nitrogens with zero attached hydrogens (tertiary/aromatic N) is 2. The zero-order valence-corrected chi connectivity index (χ0v) is 18.6.